The van der Waals surface area contributed by atoms with Crippen molar-refractivity contribution in [3.63, 3.8) is 0 Å². The van der Waals surface area contributed by atoms with Crippen molar-refractivity contribution in [1.82, 2.24) is 9.88 Å². The molecule has 2 rings (SSSR count). The molecule has 0 aromatic carbocycles. The first-order valence-electron chi connectivity index (χ1n) is 7.29. The van der Waals surface area contributed by atoms with Crippen molar-refractivity contribution in [2.45, 2.75) is 32.8 Å². The minimum atomic E-state index is -0.293. The van der Waals surface area contributed by atoms with E-state index in [-0.39, 0.29) is 17.9 Å². The summed E-state index contributed by atoms with van der Waals surface area (Å²) < 4.78 is 0. The van der Waals surface area contributed by atoms with Crippen LogP contribution in [0.25, 0.3) is 0 Å². The predicted molar refractivity (Wildman–Crippen MR) is 78.7 cm³/mol. The Morgan fingerprint density at radius 3 is 3.10 bits per heavy atom. The molecule has 5 heteroatoms. The van der Waals surface area contributed by atoms with Gasteiger partial charge in [-0.1, -0.05) is 13.8 Å². The summed E-state index contributed by atoms with van der Waals surface area (Å²) in [5.41, 5.74) is 0.655. The summed E-state index contributed by atoms with van der Waals surface area (Å²) in [6, 6.07) is 3.54. The SMILES string of the molecule is CCCNc1cc(C(=O)N2CCC(O)C(C)C2)ccn1. The van der Waals surface area contributed by atoms with Gasteiger partial charge in [0.1, 0.15) is 5.82 Å². The number of hydrogen-bond donors (Lipinski definition) is 2. The normalized spacial score (nSPS) is 22.6. The summed E-state index contributed by atoms with van der Waals surface area (Å²) in [6.07, 6.45) is 3.03. The molecule has 2 unspecified atom stereocenters. The first-order valence-corrected chi connectivity index (χ1v) is 7.29. The van der Waals surface area contributed by atoms with Gasteiger partial charge in [0.05, 0.1) is 6.10 Å². The van der Waals surface area contributed by atoms with Crippen LogP contribution < -0.4 is 5.32 Å². The van der Waals surface area contributed by atoms with Crippen LogP contribution in [0.1, 0.15) is 37.0 Å². The van der Waals surface area contributed by atoms with Crippen molar-refractivity contribution in [2.24, 2.45) is 5.92 Å². The van der Waals surface area contributed by atoms with Gasteiger partial charge < -0.3 is 15.3 Å². The minimum Gasteiger partial charge on any atom is -0.393 e. The molecular formula is C15H23N3O2. The Labute approximate surface area is 120 Å². The molecular weight excluding hydrogens is 254 g/mol. The van der Waals surface area contributed by atoms with E-state index < -0.39 is 0 Å². The molecule has 1 aliphatic rings. The second kappa shape index (κ2) is 6.70. The van der Waals surface area contributed by atoms with Gasteiger partial charge in [0.2, 0.25) is 0 Å². The zero-order valence-corrected chi connectivity index (χ0v) is 12.2. The lowest BCUT2D eigenvalue weighted by Gasteiger charge is -2.34. The Morgan fingerprint density at radius 2 is 2.40 bits per heavy atom. The van der Waals surface area contributed by atoms with Crippen molar-refractivity contribution in [2.75, 3.05) is 25.0 Å². The van der Waals surface area contributed by atoms with Gasteiger partial charge in [-0.15, -0.1) is 0 Å². The first kappa shape index (κ1) is 14.8. The van der Waals surface area contributed by atoms with E-state index >= 15 is 0 Å². The highest BCUT2D eigenvalue weighted by atomic mass is 16.3. The maximum absolute atomic E-state index is 12.5. The Hall–Kier alpha value is -1.62. The van der Waals surface area contributed by atoms with Crippen LogP contribution in [0.3, 0.4) is 0 Å². The number of carbonyl (C=O) groups excluding carboxylic acids is 1. The van der Waals surface area contributed by atoms with E-state index in [4.69, 9.17) is 0 Å². The zero-order valence-electron chi connectivity index (χ0n) is 12.2. The van der Waals surface area contributed by atoms with Crippen molar-refractivity contribution in [1.29, 1.82) is 0 Å². The van der Waals surface area contributed by atoms with E-state index in [2.05, 4.69) is 17.2 Å². The van der Waals surface area contributed by atoms with Gasteiger partial charge in [0.25, 0.3) is 5.91 Å². The highest BCUT2D eigenvalue weighted by Crippen LogP contribution is 2.19. The molecule has 0 radical (unpaired) electrons. The first-order chi connectivity index (χ1) is 9.61. The lowest BCUT2D eigenvalue weighted by Crippen LogP contribution is -2.44. The number of nitrogens with zero attached hydrogens (tertiary/aromatic N) is 2. The number of aliphatic hydroxyl groups is 1. The topological polar surface area (TPSA) is 65.5 Å². The smallest absolute Gasteiger partial charge is 0.254 e. The number of rotatable bonds is 4. The molecule has 0 aliphatic carbocycles. The third kappa shape index (κ3) is 3.48. The van der Waals surface area contributed by atoms with Crippen molar-refractivity contribution in [3.8, 4) is 0 Å². The fourth-order valence-electron chi connectivity index (χ4n) is 2.41. The van der Waals surface area contributed by atoms with Crippen LogP contribution in [0.2, 0.25) is 0 Å². The highest BCUT2D eigenvalue weighted by Gasteiger charge is 2.27. The number of nitrogens with one attached hydrogen (secondary N) is 1. The number of aliphatic hydroxyl groups excluding tert-OH is 1. The molecule has 1 fully saturated rings. The molecule has 2 heterocycles. The number of aromatic nitrogens is 1. The van der Waals surface area contributed by atoms with E-state index in [0.29, 0.717) is 25.1 Å². The number of pyridine rings is 1. The number of carbonyl (C=O) groups is 1. The summed E-state index contributed by atoms with van der Waals surface area (Å²) in [5, 5.41) is 12.9. The highest BCUT2D eigenvalue weighted by molar-refractivity contribution is 5.94. The number of hydrogen-bond acceptors (Lipinski definition) is 4. The fraction of sp³-hybridized carbons (Fsp3) is 0.600. The summed E-state index contributed by atoms with van der Waals surface area (Å²) >= 11 is 0. The molecule has 2 atom stereocenters. The zero-order chi connectivity index (χ0) is 14.5. The van der Waals surface area contributed by atoms with Gasteiger partial charge in [-0.25, -0.2) is 4.98 Å². The lowest BCUT2D eigenvalue weighted by molar-refractivity contribution is 0.0297. The predicted octanol–water partition coefficient (Wildman–Crippen LogP) is 1.75. The third-order valence-electron chi connectivity index (χ3n) is 3.71. The summed E-state index contributed by atoms with van der Waals surface area (Å²) in [6.45, 7) is 6.13. The quantitative estimate of drug-likeness (QED) is 0.880. The van der Waals surface area contributed by atoms with Gasteiger partial charge in [-0.2, -0.15) is 0 Å². The number of likely N-dealkylation sites (tertiary alicyclic amines) is 1. The number of anilines is 1. The van der Waals surface area contributed by atoms with Gasteiger partial charge in [0.15, 0.2) is 0 Å². The molecule has 1 amide bonds. The van der Waals surface area contributed by atoms with Crippen LogP contribution in [0, 0.1) is 5.92 Å². The molecule has 0 spiro atoms. The van der Waals surface area contributed by atoms with E-state index in [1.165, 1.54) is 0 Å². The lowest BCUT2D eigenvalue weighted by atomic mass is 9.96. The van der Waals surface area contributed by atoms with E-state index in [0.717, 1.165) is 18.8 Å². The minimum absolute atomic E-state index is 0.0192. The van der Waals surface area contributed by atoms with Crippen molar-refractivity contribution in [3.05, 3.63) is 23.9 Å². The number of piperidine rings is 1. The second-order valence-corrected chi connectivity index (χ2v) is 5.44. The number of amides is 1. The summed E-state index contributed by atoms with van der Waals surface area (Å²) in [5.74, 6) is 0.890. The Morgan fingerprint density at radius 1 is 1.60 bits per heavy atom. The van der Waals surface area contributed by atoms with Crippen LogP contribution in [0.5, 0.6) is 0 Å². The molecule has 0 bridgehead atoms. The second-order valence-electron chi connectivity index (χ2n) is 5.44. The van der Waals surface area contributed by atoms with Crippen LogP contribution >= 0.6 is 0 Å². The molecule has 110 valence electrons. The standard InChI is InChI=1S/C15H23N3O2/c1-3-6-16-14-9-12(4-7-17-14)15(20)18-8-5-13(19)11(2)10-18/h4,7,9,11,13,19H,3,5-6,8,10H2,1-2H3,(H,16,17). The van der Waals surface area contributed by atoms with Crippen molar-refractivity contribution >= 4 is 11.7 Å². The fourth-order valence-corrected chi connectivity index (χ4v) is 2.41. The summed E-state index contributed by atoms with van der Waals surface area (Å²) in [7, 11) is 0. The molecule has 1 saturated heterocycles. The van der Waals surface area contributed by atoms with E-state index in [1.807, 2.05) is 11.8 Å². The monoisotopic (exact) mass is 277 g/mol. The molecule has 1 aromatic rings. The van der Waals surface area contributed by atoms with Crippen LogP contribution in [0.4, 0.5) is 5.82 Å². The summed E-state index contributed by atoms with van der Waals surface area (Å²) in [4.78, 5) is 18.5. The van der Waals surface area contributed by atoms with Crippen LogP contribution in [-0.4, -0.2) is 46.6 Å². The maximum atomic E-state index is 12.5. The average Bonchev–Trinajstić information content (AvgIpc) is 2.47. The van der Waals surface area contributed by atoms with Gasteiger partial charge >= 0.3 is 0 Å². The maximum Gasteiger partial charge on any atom is 0.254 e. The third-order valence-corrected chi connectivity index (χ3v) is 3.71. The largest absolute Gasteiger partial charge is 0.393 e. The Kier molecular flexibility index (Phi) is 4.95. The van der Waals surface area contributed by atoms with Crippen LogP contribution in [0.15, 0.2) is 18.3 Å². The van der Waals surface area contributed by atoms with Crippen molar-refractivity contribution < 1.29 is 9.90 Å². The molecule has 1 aliphatic heterocycles. The Bertz CT molecular complexity index is 464. The van der Waals surface area contributed by atoms with Gasteiger partial charge in [-0.05, 0) is 30.9 Å². The molecule has 2 N–H and O–H groups in total. The molecule has 5 nitrogen and oxygen atoms in total. The van der Waals surface area contributed by atoms with E-state index in [9.17, 15) is 9.90 Å². The van der Waals surface area contributed by atoms with Gasteiger partial charge in [0, 0.05) is 31.4 Å². The van der Waals surface area contributed by atoms with Gasteiger partial charge in [-0.3, -0.25) is 4.79 Å². The Balaban J connectivity index is 2.05. The average molecular weight is 277 g/mol. The van der Waals surface area contributed by atoms with Crippen LogP contribution in [-0.2, 0) is 0 Å². The van der Waals surface area contributed by atoms with E-state index in [1.54, 1.807) is 18.3 Å². The molecule has 0 saturated carbocycles. The molecule has 20 heavy (non-hydrogen) atoms. The molecule has 1 aromatic heterocycles.